The number of nitrogens with zero attached hydrogens (tertiary/aromatic N) is 2. The third-order valence-electron chi connectivity index (χ3n) is 3.37. The number of hydrogen-bond donors (Lipinski definition) is 1. The molecule has 102 valence electrons. The van der Waals surface area contributed by atoms with Gasteiger partial charge < -0.3 is 15.0 Å². The number of pyridine rings is 1. The van der Waals surface area contributed by atoms with Gasteiger partial charge in [-0.25, -0.2) is 0 Å². The molecule has 0 amide bonds. The molecule has 4 nitrogen and oxygen atoms in total. The van der Waals surface area contributed by atoms with Gasteiger partial charge in [-0.15, -0.1) is 0 Å². The minimum absolute atomic E-state index is 0.508. The number of fused-ring (bicyclic) bond motifs is 1. The molecule has 1 aromatic carbocycles. The highest BCUT2D eigenvalue weighted by Crippen LogP contribution is 2.26. The van der Waals surface area contributed by atoms with Crippen molar-refractivity contribution in [3.8, 4) is 5.75 Å². The Bertz CT molecular complexity index is 719. The molecule has 0 saturated carbocycles. The molecule has 3 aromatic rings. The van der Waals surface area contributed by atoms with E-state index < -0.39 is 0 Å². The molecule has 0 aliphatic rings. The molecule has 0 spiro atoms. The molecule has 0 bridgehead atoms. The Morgan fingerprint density at radius 3 is 2.90 bits per heavy atom. The van der Waals surface area contributed by atoms with Gasteiger partial charge in [0.1, 0.15) is 12.4 Å². The zero-order valence-electron chi connectivity index (χ0n) is 11.4. The maximum absolute atomic E-state index is 6.08. The fourth-order valence-corrected chi connectivity index (χ4v) is 2.48. The van der Waals surface area contributed by atoms with Crippen molar-refractivity contribution in [3.63, 3.8) is 0 Å². The second-order valence-electron chi connectivity index (χ2n) is 4.64. The number of rotatable bonds is 4. The highest BCUT2D eigenvalue weighted by atomic mass is 16.5. The minimum Gasteiger partial charge on any atom is -0.486 e. The van der Waals surface area contributed by atoms with Crippen LogP contribution in [0, 0.1) is 0 Å². The molecule has 0 radical (unpaired) electrons. The lowest BCUT2D eigenvalue weighted by atomic mass is 10.2. The number of aromatic nitrogens is 2. The quantitative estimate of drug-likeness (QED) is 0.738. The molecule has 0 saturated heterocycles. The number of aryl methyl sites for hydroxylation is 1. The number of benzene rings is 1. The van der Waals surface area contributed by atoms with Gasteiger partial charge >= 0.3 is 0 Å². The average molecular weight is 267 g/mol. The molecule has 3 rings (SSSR count). The lowest BCUT2D eigenvalue weighted by Gasteiger charge is -2.10. The summed E-state index contributed by atoms with van der Waals surface area (Å²) < 4.78 is 7.98. The third kappa shape index (κ3) is 2.20. The Balaban J connectivity index is 1.93. The van der Waals surface area contributed by atoms with Gasteiger partial charge in [0, 0.05) is 18.1 Å². The molecule has 0 aliphatic carbocycles. The second kappa shape index (κ2) is 5.25. The van der Waals surface area contributed by atoms with Crippen LogP contribution in [0.5, 0.6) is 5.75 Å². The van der Waals surface area contributed by atoms with Crippen molar-refractivity contribution >= 4 is 16.6 Å². The molecule has 4 heteroatoms. The highest BCUT2D eigenvalue weighted by Gasteiger charge is 2.10. The Morgan fingerprint density at radius 1 is 1.25 bits per heavy atom. The van der Waals surface area contributed by atoms with Crippen LogP contribution in [0.4, 0.5) is 5.69 Å². The summed E-state index contributed by atoms with van der Waals surface area (Å²) in [5.41, 5.74) is 9.08. The van der Waals surface area contributed by atoms with Crippen molar-refractivity contribution in [2.24, 2.45) is 0 Å². The van der Waals surface area contributed by atoms with Gasteiger partial charge in [0.25, 0.3) is 0 Å². The monoisotopic (exact) mass is 267 g/mol. The molecule has 0 fully saturated rings. The smallest absolute Gasteiger partial charge is 0.138 e. The van der Waals surface area contributed by atoms with Crippen LogP contribution in [0.1, 0.15) is 12.6 Å². The number of ether oxygens (including phenoxy) is 1. The summed E-state index contributed by atoms with van der Waals surface area (Å²) in [6, 6.07) is 11.9. The van der Waals surface area contributed by atoms with E-state index in [1.54, 1.807) is 12.4 Å². The summed E-state index contributed by atoms with van der Waals surface area (Å²) in [6.07, 6.45) is 3.45. The van der Waals surface area contributed by atoms with E-state index in [4.69, 9.17) is 10.5 Å². The average Bonchev–Trinajstić information content (AvgIpc) is 2.85. The Hall–Kier alpha value is -2.49. The first-order valence-electron chi connectivity index (χ1n) is 6.69. The molecule has 0 unspecified atom stereocenters. The zero-order chi connectivity index (χ0) is 13.9. The third-order valence-corrected chi connectivity index (χ3v) is 3.37. The van der Waals surface area contributed by atoms with Crippen molar-refractivity contribution in [1.29, 1.82) is 0 Å². The van der Waals surface area contributed by atoms with Crippen molar-refractivity contribution in [2.45, 2.75) is 20.1 Å². The van der Waals surface area contributed by atoms with Gasteiger partial charge in [0.15, 0.2) is 0 Å². The van der Waals surface area contributed by atoms with E-state index in [1.165, 1.54) is 0 Å². The number of anilines is 1. The SMILES string of the molecule is CCn1c(COc2cccnc2)cc2cccc(N)c21. The van der Waals surface area contributed by atoms with E-state index in [-0.39, 0.29) is 0 Å². The number of nitrogen functional groups attached to an aromatic ring is 1. The van der Waals surface area contributed by atoms with Crippen molar-refractivity contribution < 1.29 is 4.74 Å². The predicted molar refractivity (Wildman–Crippen MR) is 80.6 cm³/mol. The number of nitrogens with two attached hydrogens (primary N) is 1. The van der Waals surface area contributed by atoms with Crippen LogP contribution >= 0.6 is 0 Å². The molecular formula is C16H17N3O. The zero-order valence-corrected chi connectivity index (χ0v) is 11.4. The normalized spacial score (nSPS) is 10.8. The lowest BCUT2D eigenvalue weighted by molar-refractivity contribution is 0.295. The summed E-state index contributed by atoms with van der Waals surface area (Å²) in [5, 5.41) is 1.15. The van der Waals surface area contributed by atoms with Crippen LogP contribution < -0.4 is 10.5 Å². The van der Waals surface area contributed by atoms with E-state index in [2.05, 4.69) is 28.6 Å². The number of para-hydroxylation sites is 1. The highest BCUT2D eigenvalue weighted by molar-refractivity contribution is 5.91. The maximum atomic E-state index is 6.08. The first-order valence-corrected chi connectivity index (χ1v) is 6.69. The van der Waals surface area contributed by atoms with E-state index in [0.29, 0.717) is 6.61 Å². The Morgan fingerprint density at radius 2 is 2.15 bits per heavy atom. The van der Waals surface area contributed by atoms with Gasteiger partial charge in [-0.05, 0) is 31.2 Å². The van der Waals surface area contributed by atoms with Crippen LogP contribution in [0.15, 0.2) is 48.8 Å². The fourth-order valence-electron chi connectivity index (χ4n) is 2.48. The van der Waals surface area contributed by atoms with E-state index in [9.17, 15) is 0 Å². The second-order valence-corrected chi connectivity index (χ2v) is 4.64. The minimum atomic E-state index is 0.508. The summed E-state index contributed by atoms with van der Waals surface area (Å²) in [5.74, 6) is 0.772. The van der Waals surface area contributed by atoms with E-state index in [1.807, 2.05) is 24.3 Å². The Labute approximate surface area is 117 Å². The van der Waals surface area contributed by atoms with Crippen LogP contribution in [0.25, 0.3) is 10.9 Å². The molecule has 2 aromatic heterocycles. The molecule has 2 heterocycles. The van der Waals surface area contributed by atoms with Gasteiger partial charge in [-0.3, -0.25) is 4.98 Å². The number of hydrogen-bond acceptors (Lipinski definition) is 3. The van der Waals surface area contributed by atoms with Crippen LogP contribution in [-0.2, 0) is 13.2 Å². The molecule has 0 atom stereocenters. The summed E-state index contributed by atoms with van der Waals surface area (Å²) in [7, 11) is 0. The van der Waals surface area contributed by atoms with Crippen molar-refractivity contribution in [1.82, 2.24) is 9.55 Å². The summed E-state index contributed by atoms with van der Waals surface area (Å²) in [4.78, 5) is 4.04. The topological polar surface area (TPSA) is 53.1 Å². The van der Waals surface area contributed by atoms with E-state index >= 15 is 0 Å². The molecular weight excluding hydrogens is 250 g/mol. The first-order chi connectivity index (χ1) is 9.79. The van der Waals surface area contributed by atoms with Crippen molar-refractivity contribution in [3.05, 3.63) is 54.5 Å². The van der Waals surface area contributed by atoms with Crippen LogP contribution in [0.3, 0.4) is 0 Å². The lowest BCUT2D eigenvalue weighted by Crippen LogP contribution is -2.05. The van der Waals surface area contributed by atoms with Gasteiger partial charge in [-0.1, -0.05) is 12.1 Å². The largest absolute Gasteiger partial charge is 0.486 e. The predicted octanol–water partition coefficient (Wildman–Crippen LogP) is 3.22. The molecule has 2 N–H and O–H groups in total. The summed E-state index contributed by atoms with van der Waals surface area (Å²) in [6.45, 7) is 3.48. The van der Waals surface area contributed by atoms with Crippen molar-refractivity contribution in [2.75, 3.05) is 5.73 Å². The fraction of sp³-hybridized carbons (Fsp3) is 0.188. The van der Waals surface area contributed by atoms with Gasteiger partial charge in [0.05, 0.1) is 23.1 Å². The summed E-state index contributed by atoms with van der Waals surface area (Å²) >= 11 is 0. The molecule has 20 heavy (non-hydrogen) atoms. The standard InChI is InChI=1S/C16H17N3O/c1-2-19-13(11-20-14-6-4-8-18-10-14)9-12-5-3-7-15(17)16(12)19/h3-10H,2,11,17H2,1H3. The van der Waals surface area contributed by atoms with E-state index in [0.717, 1.165) is 34.6 Å². The first kappa shape index (κ1) is 12.5. The van der Waals surface area contributed by atoms with Gasteiger partial charge in [-0.2, -0.15) is 0 Å². The van der Waals surface area contributed by atoms with Gasteiger partial charge in [0.2, 0.25) is 0 Å². The van der Waals surface area contributed by atoms with Crippen LogP contribution in [0.2, 0.25) is 0 Å². The Kier molecular flexibility index (Phi) is 3.29. The molecule has 0 aliphatic heterocycles. The maximum Gasteiger partial charge on any atom is 0.138 e. The van der Waals surface area contributed by atoms with Crippen LogP contribution in [-0.4, -0.2) is 9.55 Å².